The van der Waals surface area contributed by atoms with Crippen molar-refractivity contribution >= 4 is 15.9 Å². The Hall–Kier alpha value is -1.47. The quantitative estimate of drug-likeness (QED) is 0.832. The molecule has 0 saturated carbocycles. The number of hydrogen-bond acceptors (Lipinski definition) is 3. The Morgan fingerprint density at radius 3 is 2.25 bits per heavy atom. The van der Waals surface area contributed by atoms with Crippen LogP contribution in [0.1, 0.15) is 31.9 Å². The molecule has 2 N–H and O–H groups in total. The van der Waals surface area contributed by atoms with Crippen LogP contribution in [0.2, 0.25) is 0 Å². The van der Waals surface area contributed by atoms with Crippen LogP contribution in [0.5, 0.6) is 0 Å². The number of benzene rings is 1. The zero-order valence-corrected chi connectivity index (χ0v) is 12.5. The lowest BCUT2D eigenvalue weighted by molar-refractivity contribution is -0.122. The summed E-state index contributed by atoms with van der Waals surface area (Å²) in [5.74, 6) is -0.691. The van der Waals surface area contributed by atoms with Gasteiger partial charge in [-0.15, -0.1) is 0 Å². The van der Waals surface area contributed by atoms with Gasteiger partial charge >= 0.3 is 0 Å². The van der Waals surface area contributed by atoms with Crippen LogP contribution in [0.25, 0.3) is 0 Å². The molecule has 0 aliphatic carbocycles. The second kappa shape index (κ2) is 6.81. The van der Waals surface area contributed by atoms with E-state index in [2.05, 4.69) is 10.0 Å². The maximum absolute atomic E-state index is 12.9. The maximum atomic E-state index is 12.9. The van der Waals surface area contributed by atoms with Crippen molar-refractivity contribution in [1.82, 2.24) is 10.0 Å². The Morgan fingerprint density at radius 2 is 1.80 bits per heavy atom. The van der Waals surface area contributed by atoms with Gasteiger partial charge in [0, 0.05) is 12.5 Å². The van der Waals surface area contributed by atoms with Gasteiger partial charge in [0.1, 0.15) is 5.82 Å². The molecule has 0 fully saturated rings. The van der Waals surface area contributed by atoms with Crippen molar-refractivity contribution in [3.8, 4) is 0 Å². The van der Waals surface area contributed by atoms with Crippen LogP contribution >= 0.6 is 0 Å². The molecule has 0 saturated heterocycles. The van der Waals surface area contributed by atoms with E-state index >= 15 is 0 Å². The lowest BCUT2D eigenvalue weighted by Gasteiger charge is -2.18. The van der Waals surface area contributed by atoms with Gasteiger partial charge in [0.15, 0.2) is 0 Å². The van der Waals surface area contributed by atoms with Gasteiger partial charge in [-0.25, -0.2) is 17.5 Å². The highest BCUT2D eigenvalue weighted by molar-refractivity contribution is 7.88. The molecule has 112 valence electrons. The fourth-order valence-electron chi connectivity index (χ4n) is 1.75. The van der Waals surface area contributed by atoms with E-state index in [0.29, 0.717) is 5.56 Å². The molecule has 1 aromatic carbocycles. The largest absolute Gasteiger partial charge is 0.354 e. The van der Waals surface area contributed by atoms with Crippen molar-refractivity contribution in [1.29, 1.82) is 0 Å². The number of rotatable bonds is 6. The van der Waals surface area contributed by atoms with Gasteiger partial charge in [0.05, 0.1) is 12.3 Å². The van der Waals surface area contributed by atoms with Gasteiger partial charge in [-0.1, -0.05) is 12.1 Å². The van der Waals surface area contributed by atoms with E-state index in [1.165, 1.54) is 24.3 Å². The third-order valence-corrected chi connectivity index (χ3v) is 3.18. The van der Waals surface area contributed by atoms with Crippen molar-refractivity contribution in [3.63, 3.8) is 0 Å². The first kappa shape index (κ1) is 16.6. The fourth-order valence-corrected chi connectivity index (χ4v) is 2.48. The first-order valence-corrected chi connectivity index (χ1v) is 8.08. The zero-order chi connectivity index (χ0) is 15.3. The summed E-state index contributed by atoms with van der Waals surface area (Å²) in [6.07, 6.45) is 0.973. The molecule has 0 radical (unpaired) electrons. The Balaban J connectivity index is 2.91. The van der Waals surface area contributed by atoms with Gasteiger partial charge < -0.3 is 5.32 Å². The second-order valence-electron chi connectivity index (χ2n) is 4.92. The van der Waals surface area contributed by atoms with Gasteiger partial charge in [0.25, 0.3) is 0 Å². The highest BCUT2D eigenvalue weighted by Gasteiger charge is 2.20. The number of hydrogen-bond donors (Lipinski definition) is 2. The molecule has 1 amide bonds. The van der Waals surface area contributed by atoms with Crippen LogP contribution in [0.15, 0.2) is 24.3 Å². The Bertz CT molecular complexity index is 555. The SMILES string of the molecule is CC(C)NC(=O)C[C@H](NS(C)(=O)=O)c1ccc(F)cc1. The third kappa shape index (κ3) is 6.12. The van der Waals surface area contributed by atoms with Crippen molar-refractivity contribution < 1.29 is 17.6 Å². The molecular formula is C13H19FN2O3S. The lowest BCUT2D eigenvalue weighted by Crippen LogP contribution is -2.35. The number of sulfonamides is 1. The summed E-state index contributed by atoms with van der Waals surface area (Å²) < 4.78 is 38.0. The minimum absolute atomic E-state index is 0.0328. The average molecular weight is 302 g/mol. The van der Waals surface area contributed by atoms with Crippen LogP contribution in [0.3, 0.4) is 0 Å². The molecule has 0 aliphatic heterocycles. The summed E-state index contributed by atoms with van der Waals surface area (Å²) in [6.45, 7) is 3.63. The summed E-state index contributed by atoms with van der Waals surface area (Å²) in [5.41, 5.74) is 0.538. The molecule has 0 spiro atoms. The van der Waals surface area contributed by atoms with Gasteiger partial charge in [-0.3, -0.25) is 4.79 Å². The molecule has 0 aromatic heterocycles. The molecule has 0 aliphatic rings. The van der Waals surface area contributed by atoms with Gasteiger partial charge in [-0.05, 0) is 31.5 Å². The normalized spacial score (nSPS) is 13.2. The molecule has 7 heteroatoms. The first-order chi connectivity index (χ1) is 9.17. The van der Waals surface area contributed by atoms with Crippen molar-refractivity contribution in [2.75, 3.05) is 6.26 Å². The van der Waals surface area contributed by atoms with Crippen molar-refractivity contribution in [2.24, 2.45) is 0 Å². The molecule has 0 bridgehead atoms. The topological polar surface area (TPSA) is 75.3 Å². The molecule has 0 unspecified atom stereocenters. The van der Waals surface area contributed by atoms with Gasteiger partial charge in [-0.2, -0.15) is 0 Å². The smallest absolute Gasteiger partial charge is 0.222 e. The van der Waals surface area contributed by atoms with E-state index in [-0.39, 0.29) is 18.4 Å². The van der Waals surface area contributed by atoms with E-state index < -0.39 is 21.9 Å². The monoisotopic (exact) mass is 302 g/mol. The van der Waals surface area contributed by atoms with Crippen LogP contribution in [0.4, 0.5) is 4.39 Å². The van der Waals surface area contributed by atoms with Crippen LogP contribution < -0.4 is 10.0 Å². The zero-order valence-electron chi connectivity index (χ0n) is 11.7. The predicted molar refractivity (Wildman–Crippen MR) is 75.0 cm³/mol. The molecule has 1 atom stereocenters. The van der Waals surface area contributed by atoms with Crippen LogP contribution in [-0.2, 0) is 14.8 Å². The Labute approximate surface area is 118 Å². The van der Waals surface area contributed by atoms with E-state index in [0.717, 1.165) is 6.26 Å². The summed E-state index contributed by atoms with van der Waals surface area (Å²) in [4.78, 5) is 11.8. The lowest BCUT2D eigenvalue weighted by atomic mass is 10.0. The molecule has 5 nitrogen and oxygen atoms in total. The van der Waals surface area contributed by atoms with Gasteiger partial charge in [0.2, 0.25) is 15.9 Å². The van der Waals surface area contributed by atoms with E-state index in [1.807, 2.05) is 13.8 Å². The van der Waals surface area contributed by atoms with E-state index in [4.69, 9.17) is 0 Å². The number of carbonyl (C=O) groups is 1. The van der Waals surface area contributed by atoms with Crippen molar-refractivity contribution in [3.05, 3.63) is 35.6 Å². The average Bonchev–Trinajstić information content (AvgIpc) is 2.25. The number of nitrogens with one attached hydrogen (secondary N) is 2. The second-order valence-corrected chi connectivity index (χ2v) is 6.70. The van der Waals surface area contributed by atoms with Crippen LogP contribution in [0, 0.1) is 5.82 Å². The standard InChI is InChI=1S/C13H19FN2O3S/c1-9(2)15-13(17)8-12(16-20(3,18)19)10-4-6-11(14)7-5-10/h4-7,9,12,16H,8H2,1-3H3,(H,15,17)/t12-/m0/s1. The fraction of sp³-hybridized carbons (Fsp3) is 0.462. The highest BCUT2D eigenvalue weighted by Crippen LogP contribution is 2.18. The first-order valence-electron chi connectivity index (χ1n) is 6.19. The van der Waals surface area contributed by atoms with E-state index in [1.54, 1.807) is 0 Å². The summed E-state index contributed by atoms with van der Waals surface area (Å²) in [7, 11) is -3.48. The predicted octanol–water partition coefficient (Wildman–Crippen LogP) is 1.33. The molecular weight excluding hydrogens is 283 g/mol. The van der Waals surface area contributed by atoms with Crippen molar-refractivity contribution in [2.45, 2.75) is 32.4 Å². The summed E-state index contributed by atoms with van der Waals surface area (Å²) in [6, 6.07) is 4.62. The molecule has 20 heavy (non-hydrogen) atoms. The summed E-state index contributed by atoms with van der Waals surface area (Å²) >= 11 is 0. The number of carbonyl (C=O) groups excluding carboxylic acids is 1. The van der Waals surface area contributed by atoms with Crippen LogP contribution in [-0.4, -0.2) is 26.6 Å². The molecule has 1 aromatic rings. The molecule has 1 rings (SSSR count). The third-order valence-electron chi connectivity index (χ3n) is 2.47. The summed E-state index contributed by atoms with van der Waals surface area (Å²) in [5, 5.41) is 2.69. The minimum Gasteiger partial charge on any atom is -0.354 e. The highest BCUT2D eigenvalue weighted by atomic mass is 32.2. The van der Waals surface area contributed by atoms with E-state index in [9.17, 15) is 17.6 Å². The molecule has 0 heterocycles. The Morgan fingerprint density at radius 1 is 1.25 bits per heavy atom. The number of amides is 1. The maximum Gasteiger partial charge on any atom is 0.222 e. The Kier molecular flexibility index (Phi) is 5.64. The minimum atomic E-state index is -3.48. The number of halogens is 1.